The Bertz CT molecular complexity index is 735. The fraction of sp³-hybridized carbons (Fsp3) is 0.588. The van der Waals surface area contributed by atoms with Crippen molar-refractivity contribution in [2.24, 2.45) is 5.92 Å². The zero-order chi connectivity index (χ0) is 17.5. The van der Waals surface area contributed by atoms with Crippen LogP contribution in [0.3, 0.4) is 0 Å². The van der Waals surface area contributed by atoms with Crippen molar-refractivity contribution in [2.45, 2.75) is 25.9 Å². The number of halogens is 1. The molecule has 132 valence electrons. The standard InChI is InChI=1S/C17H23FN2O3S/c1-12(2)9-19-6-7-20(16-11-24(22,23)10-15(16)19)17(21)13-4-3-5-14(18)8-13/h3-5,8,12,15-16H,6-7,9-11H2,1-2H3/t15-,16+/m1/s1. The Balaban J connectivity index is 1.87. The summed E-state index contributed by atoms with van der Waals surface area (Å²) >= 11 is 0. The van der Waals surface area contributed by atoms with Crippen LogP contribution < -0.4 is 0 Å². The molecule has 24 heavy (non-hydrogen) atoms. The van der Waals surface area contributed by atoms with Crippen molar-refractivity contribution in [1.29, 1.82) is 0 Å². The van der Waals surface area contributed by atoms with Gasteiger partial charge in [0.2, 0.25) is 0 Å². The highest BCUT2D eigenvalue weighted by Gasteiger charge is 2.48. The molecule has 2 aliphatic heterocycles. The predicted molar refractivity (Wildman–Crippen MR) is 90.1 cm³/mol. The molecule has 0 aromatic heterocycles. The number of hydrogen-bond donors (Lipinski definition) is 0. The summed E-state index contributed by atoms with van der Waals surface area (Å²) in [6.45, 7) is 6.14. The molecule has 2 heterocycles. The number of carbonyl (C=O) groups is 1. The second-order valence-electron chi connectivity index (χ2n) is 7.11. The van der Waals surface area contributed by atoms with Crippen molar-refractivity contribution in [3.8, 4) is 0 Å². The fourth-order valence-corrected chi connectivity index (χ4v) is 5.77. The summed E-state index contributed by atoms with van der Waals surface area (Å²) in [5, 5.41) is 0. The third-order valence-electron chi connectivity index (χ3n) is 4.72. The van der Waals surface area contributed by atoms with E-state index in [1.807, 2.05) is 0 Å². The first-order valence-corrected chi connectivity index (χ1v) is 10.1. The maximum absolute atomic E-state index is 13.4. The molecule has 3 rings (SSSR count). The molecule has 2 fully saturated rings. The number of carbonyl (C=O) groups excluding carboxylic acids is 1. The number of fused-ring (bicyclic) bond motifs is 1. The number of nitrogens with zero attached hydrogens (tertiary/aromatic N) is 2. The van der Waals surface area contributed by atoms with Crippen LogP contribution in [0, 0.1) is 11.7 Å². The summed E-state index contributed by atoms with van der Waals surface area (Å²) < 4.78 is 37.7. The van der Waals surface area contributed by atoms with E-state index in [1.165, 1.54) is 18.2 Å². The van der Waals surface area contributed by atoms with Crippen molar-refractivity contribution in [3.05, 3.63) is 35.6 Å². The zero-order valence-electron chi connectivity index (χ0n) is 14.0. The van der Waals surface area contributed by atoms with Gasteiger partial charge >= 0.3 is 0 Å². The average Bonchev–Trinajstić information content (AvgIpc) is 2.82. The Morgan fingerprint density at radius 1 is 1.25 bits per heavy atom. The summed E-state index contributed by atoms with van der Waals surface area (Å²) in [6.07, 6.45) is 0. The normalized spacial score (nSPS) is 26.6. The Kier molecular flexibility index (Phi) is 4.66. The largest absolute Gasteiger partial charge is 0.332 e. The van der Waals surface area contributed by atoms with Crippen molar-refractivity contribution < 1.29 is 17.6 Å². The van der Waals surface area contributed by atoms with E-state index in [4.69, 9.17) is 0 Å². The van der Waals surface area contributed by atoms with Gasteiger partial charge in [0, 0.05) is 31.2 Å². The van der Waals surface area contributed by atoms with Gasteiger partial charge in [-0.15, -0.1) is 0 Å². The molecular weight excluding hydrogens is 331 g/mol. The predicted octanol–water partition coefficient (Wildman–Crippen LogP) is 1.41. The molecule has 7 heteroatoms. The summed E-state index contributed by atoms with van der Waals surface area (Å²) in [5.41, 5.74) is 0.273. The van der Waals surface area contributed by atoms with Gasteiger partial charge in [-0.1, -0.05) is 19.9 Å². The van der Waals surface area contributed by atoms with Gasteiger partial charge in [-0.05, 0) is 24.1 Å². The molecule has 1 amide bonds. The van der Waals surface area contributed by atoms with E-state index in [-0.39, 0.29) is 35.1 Å². The fourth-order valence-electron chi connectivity index (χ4n) is 3.76. The first kappa shape index (κ1) is 17.4. The first-order valence-electron chi connectivity index (χ1n) is 8.28. The van der Waals surface area contributed by atoms with Crippen molar-refractivity contribution >= 4 is 15.7 Å². The molecule has 1 aromatic carbocycles. The number of piperazine rings is 1. The van der Waals surface area contributed by atoms with Crippen LogP contribution in [0.15, 0.2) is 24.3 Å². The van der Waals surface area contributed by atoms with Crippen molar-refractivity contribution in [1.82, 2.24) is 9.80 Å². The SMILES string of the molecule is CC(C)CN1CCN(C(=O)c2cccc(F)c2)[C@H]2CS(=O)(=O)C[C@H]21. The smallest absolute Gasteiger partial charge is 0.254 e. The van der Waals surface area contributed by atoms with Gasteiger partial charge in [0.1, 0.15) is 5.82 Å². The lowest BCUT2D eigenvalue weighted by Crippen LogP contribution is -2.61. The molecular formula is C17H23FN2O3S. The van der Waals surface area contributed by atoms with Crippen LogP contribution in [-0.4, -0.2) is 67.3 Å². The van der Waals surface area contributed by atoms with Gasteiger partial charge in [-0.3, -0.25) is 9.69 Å². The van der Waals surface area contributed by atoms with Crippen molar-refractivity contribution in [3.63, 3.8) is 0 Å². The van der Waals surface area contributed by atoms with E-state index in [9.17, 15) is 17.6 Å². The summed E-state index contributed by atoms with van der Waals surface area (Å²) in [4.78, 5) is 16.6. The monoisotopic (exact) mass is 354 g/mol. The molecule has 0 unspecified atom stereocenters. The van der Waals surface area contributed by atoms with Crippen LogP contribution in [0.2, 0.25) is 0 Å². The third-order valence-corrected chi connectivity index (χ3v) is 6.42. The highest BCUT2D eigenvalue weighted by molar-refractivity contribution is 7.91. The van der Waals surface area contributed by atoms with Gasteiger partial charge in [0.25, 0.3) is 5.91 Å². The minimum Gasteiger partial charge on any atom is -0.332 e. The Morgan fingerprint density at radius 2 is 1.96 bits per heavy atom. The Morgan fingerprint density at radius 3 is 2.62 bits per heavy atom. The minimum absolute atomic E-state index is 0.00663. The van der Waals surface area contributed by atoms with E-state index >= 15 is 0 Å². The van der Waals surface area contributed by atoms with Crippen molar-refractivity contribution in [2.75, 3.05) is 31.1 Å². The molecule has 5 nitrogen and oxygen atoms in total. The van der Waals surface area contributed by atoms with E-state index in [1.54, 1.807) is 11.0 Å². The van der Waals surface area contributed by atoms with E-state index in [2.05, 4.69) is 18.7 Å². The lowest BCUT2D eigenvalue weighted by Gasteiger charge is -2.44. The minimum atomic E-state index is -3.16. The molecule has 1 aromatic rings. The molecule has 0 N–H and O–H groups in total. The zero-order valence-corrected chi connectivity index (χ0v) is 14.8. The number of sulfone groups is 1. The van der Waals surface area contributed by atoms with Gasteiger partial charge in [0.15, 0.2) is 9.84 Å². The summed E-state index contributed by atoms with van der Waals surface area (Å²) in [6, 6.07) is 5.06. The molecule has 2 saturated heterocycles. The molecule has 0 saturated carbocycles. The molecule has 0 spiro atoms. The quantitative estimate of drug-likeness (QED) is 0.823. The summed E-state index contributed by atoms with van der Waals surface area (Å²) in [5.74, 6) is -0.231. The van der Waals surface area contributed by atoms with E-state index in [0.717, 1.165) is 6.54 Å². The molecule has 0 radical (unpaired) electrons. The average molecular weight is 354 g/mol. The second-order valence-corrected chi connectivity index (χ2v) is 9.26. The number of amides is 1. The molecule has 2 atom stereocenters. The van der Waals surface area contributed by atoms with Crippen LogP contribution >= 0.6 is 0 Å². The maximum atomic E-state index is 13.4. The number of rotatable bonds is 3. The maximum Gasteiger partial charge on any atom is 0.254 e. The van der Waals surface area contributed by atoms with Gasteiger partial charge in [0.05, 0.1) is 17.5 Å². The number of benzene rings is 1. The van der Waals surface area contributed by atoms with E-state index < -0.39 is 15.7 Å². The number of hydrogen-bond acceptors (Lipinski definition) is 4. The van der Waals surface area contributed by atoms with Crippen LogP contribution in [0.5, 0.6) is 0 Å². The first-order chi connectivity index (χ1) is 11.3. The lowest BCUT2D eigenvalue weighted by atomic mass is 10.0. The molecule has 0 aliphatic carbocycles. The molecule has 2 aliphatic rings. The Labute approximate surface area is 142 Å². The topological polar surface area (TPSA) is 57.7 Å². The van der Waals surface area contributed by atoms with Crippen LogP contribution in [0.4, 0.5) is 4.39 Å². The highest BCUT2D eigenvalue weighted by atomic mass is 32.2. The summed E-state index contributed by atoms with van der Waals surface area (Å²) in [7, 11) is -3.16. The second kappa shape index (κ2) is 6.44. The Hall–Kier alpha value is -1.47. The van der Waals surface area contributed by atoms with Gasteiger partial charge in [-0.25, -0.2) is 12.8 Å². The van der Waals surface area contributed by atoms with Gasteiger partial charge < -0.3 is 4.90 Å². The van der Waals surface area contributed by atoms with Crippen LogP contribution in [0.25, 0.3) is 0 Å². The lowest BCUT2D eigenvalue weighted by molar-refractivity contribution is 0.0297. The van der Waals surface area contributed by atoms with Gasteiger partial charge in [-0.2, -0.15) is 0 Å². The highest BCUT2D eigenvalue weighted by Crippen LogP contribution is 2.28. The molecule has 0 bridgehead atoms. The third kappa shape index (κ3) is 3.47. The van der Waals surface area contributed by atoms with E-state index in [0.29, 0.717) is 19.0 Å². The van der Waals surface area contributed by atoms with Crippen LogP contribution in [-0.2, 0) is 9.84 Å². The van der Waals surface area contributed by atoms with Crippen LogP contribution in [0.1, 0.15) is 24.2 Å².